The maximum absolute atomic E-state index is 12.3. The molecule has 114 valence electrons. The van der Waals surface area contributed by atoms with Gasteiger partial charge in [0.15, 0.2) is 0 Å². The summed E-state index contributed by atoms with van der Waals surface area (Å²) in [5.74, 6) is -1.06. The van der Waals surface area contributed by atoms with Crippen molar-refractivity contribution in [2.24, 2.45) is 5.41 Å². The molecule has 2 fully saturated rings. The Bertz CT molecular complexity index is 397. The van der Waals surface area contributed by atoms with Gasteiger partial charge in [0, 0.05) is 19.0 Å². The first kappa shape index (κ1) is 15.1. The summed E-state index contributed by atoms with van der Waals surface area (Å²) in [6.07, 6.45) is 3.59. The van der Waals surface area contributed by atoms with Crippen molar-refractivity contribution in [1.82, 2.24) is 10.2 Å². The molecule has 6 nitrogen and oxygen atoms in total. The Morgan fingerprint density at radius 1 is 1.30 bits per heavy atom. The second-order valence-corrected chi connectivity index (χ2v) is 6.63. The molecule has 1 heterocycles. The summed E-state index contributed by atoms with van der Waals surface area (Å²) in [6.45, 7) is 4.35. The van der Waals surface area contributed by atoms with E-state index in [4.69, 9.17) is 5.11 Å². The van der Waals surface area contributed by atoms with E-state index in [0.29, 0.717) is 0 Å². The van der Waals surface area contributed by atoms with E-state index in [1.54, 1.807) is 0 Å². The Hall–Kier alpha value is -1.30. The average Bonchev–Trinajstić information content (AvgIpc) is 2.74. The van der Waals surface area contributed by atoms with Gasteiger partial charge in [0.25, 0.3) is 0 Å². The van der Waals surface area contributed by atoms with Crippen molar-refractivity contribution in [3.8, 4) is 0 Å². The molecular formula is C14H24N2O4. The number of nitrogens with one attached hydrogen (secondary N) is 1. The van der Waals surface area contributed by atoms with Crippen LogP contribution in [0.15, 0.2) is 0 Å². The largest absolute Gasteiger partial charge is 0.480 e. The lowest BCUT2D eigenvalue weighted by atomic mass is 9.73. The highest BCUT2D eigenvalue weighted by atomic mass is 16.4. The molecule has 2 unspecified atom stereocenters. The van der Waals surface area contributed by atoms with Crippen molar-refractivity contribution in [2.75, 3.05) is 6.54 Å². The molecule has 6 heteroatoms. The highest BCUT2D eigenvalue weighted by molar-refractivity contribution is 5.83. The Balaban J connectivity index is 2.02. The van der Waals surface area contributed by atoms with E-state index in [-0.39, 0.29) is 30.5 Å². The van der Waals surface area contributed by atoms with Gasteiger partial charge >= 0.3 is 12.0 Å². The fraction of sp³-hybridized carbons (Fsp3) is 0.857. The van der Waals surface area contributed by atoms with Gasteiger partial charge in [-0.3, -0.25) is 0 Å². The van der Waals surface area contributed by atoms with E-state index >= 15 is 0 Å². The number of carbonyl (C=O) groups is 2. The molecule has 1 saturated carbocycles. The summed E-state index contributed by atoms with van der Waals surface area (Å²) in [7, 11) is 0. The lowest BCUT2D eigenvalue weighted by molar-refractivity contribution is -0.141. The van der Waals surface area contributed by atoms with Gasteiger partial charge < -0.3 is 20.4 Å². The third kappa shape index (κ3) is 3.06. The summed E-state index contributed by atoms with van der Waals surface area (Å²) >= 11 is 0. The Labute approximate surface area is 119 Å². The van der Waals surface area contributed by atoms with Gasteiger partial charge in [0.1, 0.15) is 6.04 Å². The third-order valence-corrected chi connectivity index (χ3v) is 4.63. The van der Waals surface area contributed by atoms with E-state index < -0.39 is 18.1 Å². The lowest BCUT2D eigenvalue weighted by Crippen LogP contribution is -2.53. The lowest BCUT2D eigenvalue weighted by Gasteiger charge is -2.40. The van der Waals surface area contributed by atoms with E-state index in [1.807, 2.05) is 0 Å². The number of aliphatic carboxylic acids is 1. The number of nitrogens with zero attached hydrogens (tertiary/aromatic N) is 1. The number of aliphatic hydroxyl groups excluding tert-OH is 1. The molecule has 0 spiro atoms. The Morgan fingerprint density at radius 3 is 2.60 bits per heavy atom. The minimum absolute atomic E-state index is 0.0327. The van der Waals surface area contributed by atoms with E-state index in [9.17, 15) is 14.7 Å². The number of aliphatic hydroxyl groups is 1. The number of carbonyl (C=O) groups excluding carboxylic acids is 1. The first-order chi connectivity index (χ1) is 9.31. The molecule has 2 amide bonds. The van der Waals surface area contributed by atoms with Gasteiger partial charge in [-0.2, -0.15) is 0 Å². The second-order valence-electron chi connectivity index (χ2n) is 6.63. The van der Waals surface area contributed by atoms with Crippen molar-refractivity contribution >= 4 is 12.0 Å². The average molecular weight is 284 g/mol. The predicted octanol–water partition coefficient (Wildman–Crippen LogP) is 1.18. The minimum Gasteiger partial charge on any atom is -0.480 e. The quantitative estimate of drug-likeness (QED) is 0.710. The fourth-order valence-electron chi connectivity index (χ4n) is 3.27. The third-order valence-electron chi connectivity index (χ3n) is 4.63. The van der Waals surface area contributed by atoms with Crippen LogP contribution >= 0.6 is 0 Å². The number of rotatable bonds is 2. The van der Waals surface area contributed by atoms with Crippen molar-refractivity contribution in [2.45, 2.75) is 64.1 Å². The zero-order chi connectivity index (χ0) is 14.9. The molecule has 0 aromatic heterocycles. The topological polar surface area (TPSA) is 89.9 Å². The molecule has 2 rings (SSSR count). The molecule has 1 saturated heterocycles. The summed E-state index contributed by atoms with van der Waals surface area (Å²) < 4.78 is 0. The van der Waals surface area contributed by atoms with Crippen molar-refractivity contribution in [3.63, 3.8) is 0 Å². The van der Waals surface area contributed by atoms with Gasteiger partial charge in [-0.25, -0.2) is 9.59 Å². The molecule has 3 N–H and O–H groups in total. The Morgan fingerprint density at radius 2 is 2.00 bits per heavy atom. The Kier molecular flexibility index (Phi) is 4.22. The second kappa shape index (κ2) is 5.60. The zero-order valence-electron chi connectivity index (χ0n) is 12.1. The number of likely N-dealkylation sites (tertiary alicyclic amines) is 1. The molecule has 2 aliphatic rings. The van der Waals surface area contributed by atoms with E-state index in [2.05, 4.69) is 19.2 Å². The van der Waals surface area contributed by atoms with Crippen molar-refractivity contribution in [3.05, 3.63) is 0 Å². The number of urea groups is 1. The van der Waals surface area contributed by atoms with Gasteiger partial charge in [0.2, 0.25) is 0 Å². The molecule has 0 bridgehead atoms. The van der Waals surface area contributed by atoms with E-state index in [1.165, 1.54) is 11.3 Å². The van der Waals surface area contributed by atoms with Crippen LogP contribution in [0.1, 0.15) is 46.0 Å². The van der Waals surface area contributed by atoms with Crippen LogP contribution in [0.25, 0.3) is 0 Å². The molecule has 1 aliphatic carbocycles. The standard InChI is InChI=1S/C14H24N2O4/c1-14(2)6-4-3-5-11(14)15-13(20)16-8-9(17)7-10(16)12(18)19/h9-11,17H,3-8H2,1-2H3,(H,15,20)(H,18,19)/t9?,10-,11?/m0/s1. The summed E-state index contributed by atoms with van der Waals surface area (Å²) in [4.78, 5) is 24.7. The number of hydrogen-bond acceptors (Lipinski definition) is 3. The summed E-state index contributed by atoms with van der Waals surface area (Å²) in [5, 5.41) is 21.7. The fourth-order valence-corrected chi connectivity index (χ4v) is 3.27. The van der Waals surface area contributed by atoms with Crippen LogP contribution in [0.5, 0.6) is 0 Å². The van der Waals surface area contributed by atoms with Gasteiger partial charge in [0.05, 0.1) is 6.10 Å². The molecule has 3 atom stereocenters. The first-order valence-electron chi connectivity index (χ1n) is 7.29. The van der Waals surface area contributed by atoms with E-state index in [0.717, 1.165) is 19.3 Å². The molecular weight excluding hydrogens is 260 g/mol. The first-order valence-corrected chi connectivity index (χ1v) is 7.29. The van der Waals surface area contributed by atoms with Crippen LogP contribution in [0, 0.1) is 5.41 Å². The summed E-state index contributed by atoms with van der Waals surface area (Å²) in [5.41, 5.74) is 0.0327. The van der Waals surface area contributed by atoms with Crippen LogP contribution in [0.4, 0.5) is 4.79 Å². The molecule has 1 aliphatic heterocycles. The smallest absolute Gasteiger partial charge is 0.326 e. The maximum atomic E-state index is 12.3. The number of carboxylic acid groups (broad SMARTS) is 1. The van der Waals surface area contributed by atoms with Gasteiger partial charge in [-0.05, 0) is 18.3 Å². The van der Waals surface area contributed by atoms with Crippen LogP contribution in [0.2, 0.25) is 0 Å². The van der Waals surface area contributed by atoms with Crippen LogP contribution < -0.4 is 5.32 Å². The highest BCUT2D eigenvalue weighted by Gasteiger charge is 2.41. The predicted molar refractivity (Wildman–Crippen MR) is 73.3 cm³/mol. The van der Waals surface area contributed by atoms with Crippen LogP contribution in [-0.4, -0.2) is 51.8 Å². The number of carboxylic acids is 1. The summed E-state index contributed by atoms with van der Waals surface area (Å²) in [6, 6.07) is -1.22. The number of amides is 2. The molecule has 20 heavy (non-hydrogen) atoms. The van der Waals surface area contributed by atoms with Crippen LogP contribution in [-0.2, 0) is 4.79 Å². The van der Waals surface area contributed by atoms with Crippen LogP contribution in [0.3, 0.4) is 0 Å². The maximum Gasteiger partial charge on any atom is 0.326 e. The normalized spacial score (nSPS) is 33.0. The SMILES string of the molecule is CC1(C)CCCCC1NC(=O)N1CC(O)C[C@H]1C(=O)O. The van der Waals surface area contributed by atoms with Gasteiger partial charge in [-0.15, -0.1) is 0 Å². The van der Waals surface area contributed by atoms with Gasteiger partial charge in [-0.1, -0.05) is 26.7 Å². The van der Waals surface area contributed by atoms with Crippen molar-refractivity contribution in [1.29, 1.82) is 0 Å². The monoisotopic (exact) mass is 284 g/mol. The molecule has 0 aromatic rings. The number of hydrogen-bond donors (Lipinski definition) is 3. The van der Waals surface area contributed by atoms with Crippen molar-refractivity contribution < 1.29 is 19.8 Å². The highest BCUT2D eigenvalue weighted by Crippen LogP contribution is 2.35. The zero-order valence-corrected chi connectivity index (χ0v) is 12.1. The minimum atomic E-state index is -1.06. The molecule has 0 radical (unpaired) electrons. The molecule has 0 aromatic carbocycles. The number of β-amino-alcohol motifs (C(OH)–C–C–N with tert-alkyl or cyclic N) is 1.